The molecule has 1 saturated heterocycles. The van der Waals surface area contributed by atoms with E-state index in [1.54, 1.807) is 6.33 Å². The van der Waals surface area contributed by atoms with Gasteiger partial charge in [0.05, 0.1) is 0 Å². The fraction of sp³-hybridized carbons (Fsp3) is 0.421. The first-order valence-corrected chi connectivity index (χ1v) is 8.83. The molecule has 0 saturated carbocycles. The summed E-state index contributed by atoms with van der Waals surface area (Å²) in [6.07, 6.45) is 3.59. The molecule has 1 aliphatic heterocycles. The Bertz CT molecular complexity index is 903. The molecule has 4 rings (SSSR count). The normalized spacial score (nSPS) is 15.8. The summed E-state index contributed by atoms with van der Waals surface area (Å²) in [6.45, 7) is 6.44. The number of carbonyl (C=O) groups excluding carboxylic acids is 1. The topological polar surface area (TPSA) is 64.2 Å². The Morgan fingerprint density at radius 2 is 2.08 bits per heavy atom. The Morgan fingerprint density at radius 3 is 2.84 bits per heavy atom. The quantitative estimate of drug-likeness (QED) is 0.734. The maximum atomic E-state index is 12.8. The summed E-state index contributed by atoms with van der Waals surface area (Å²) in [6, 6.07) is 7.81. The number of hydrogen-bond donors (Lipinski definition) is 0. The minimum atomic E-state index is -0.0238. The van der Waals surface area contributed by atoms with Crippen LogP contribution in [0.4, 0.5) is 0 Å². The Morgan fingerprint density at radius 1 is 1.28 bits per heavy atom. The van der Waals surface area contributed by atoms with E-state index in [9.17, 15) is 4.79 Å². The molecular formula is C19H22N4O2. The second-order valence-electron chi connectivity index (χ2n) is 6.69. The second kappa shape index (κ2) is 6.35. The maximum Gasteiger partial charge on any atom is 0.289 e. The van der Waals surface area contributed by atoms with E-state index in [0.717, 1.165) is 54.8 Å². The monoisotopic (exact) mass is 338 g/mol. The van der Waals surface area contributed by atoms with Crippen molar-refractivity contribution in [2.75, 3.05) is 13.1 Å². The first-order chi connectivity index (χ1) is 12.2. The van der Waals surface area contributed by atoms with Crippen LogP contribution in [0.15, 0.2) is 35.0 Å². The number of piperidine rings is 1. The van der Waals surface area contributed by atoms with E-state index >= 15 is 0 Å². The summed E-state index contributed by atoms with van der Waals surface area (Å²) in [5.74, 6) is 1.80. The van der Waals surface area contributed by atoms with Crippen molar-refractivity contribution in [3.8, 4) is 0 Å². The molecule has 0 aliphatic carbocycles. The van der Waals surface area contributed by atoms with Crippen LogP contribution in [-0.4, -0.2) is 38.7 Å². The summed E-state index contributed by atoms with van der Waals surface area (Å²) in [5, 5.41) is 9.27. The number of aryl methyl sites for hydroxylation is 2. The number of aromatic nitrogens is 3. The Balaban J connectivity index is 1.47. The summed E-state index contributed by atoms with van der Waals surface area (Å²) in [7, 11) is 0. The zero-order valence-electron chi connectivity index (χ0n) is 14.6. The molecule has 2 aromatic heterocycles. The zero-order chi connectivity index (χ0) is 17.4. The van der Waals surface area contributed by atoms with E-state index in [2.05, 4.69) is 21.7 Å². The third-order valence-corrected chi connectivity index (χ3v) is 5.02. The van der Waals surface area contributed by atoms with Gasteiger partial charge in [-0.05, 0) is 44.9 Å². The zero-order valence-corrected chi connectivity index (χ0v) is 14.6. The Labute approximate surface area is 146 Å². The largest absolute Gasteiger partial charge is 0.451 e. The molecule has 6 heteroatoms. The number of benzene rings is 1. The number of carbonyl (C=O) groups is 1. The van der Waals surface area contributed by atoms with Crippen LogP contribution in [0.2, 0.25) is 0 Å². The molecule has 0 atom stereocenters. The van der Waals surface area contributed by atoms with Gasteiger partial charge in [0.2, 0.25) is 0 Å². The minimum Gasteiger partial charge on any atom is -0.451 e. The first kappa shape index (κ1) is 15.9. The van der Waals surface area contributed by atoms with Gasteiger partial charge in [-0.2, -0.15) is 0 Å². The van der Waals surface area contributed by atoms with Crippen LogP contribution in [0.25, 0.3) is 11.0 Å². The maximum absolute atomic E-state index is 12.8. The molecule has 0 N–H and O–H groups in total. The number of furan rings is 1. The van der Waals surface area contributed by atoms with E-state index in [1.807, 2.05) is 36.1 Å². The van der Waals surface area contributed by atoms with Gasteiger partial charge in [0.1, 0.15) is 17.7 Å². The molecule has 1 aliphatic rings. The molecule has 1 fully saturated rings. The van der Waals surface area contributed by atoms with Gasteiger partial charge in [-0.25, -0.2) is 0 Å². The molecule has 1 amide bonds. The lowest BCUT2D eigenvalue weighted by molar-refractivity contribution is 0.0680. The fourth-order valence-electron chi connectivity index (χ4n) is 3.59. The van der Waals surface area contributed by atoms with Crippen molar-refractivity contribution < 1.29 is 9.21 Å². The predicted octanol–water partition coefficient (Wildman–Crippen LogP) is 3.37. The molecule has 130 valence electrons. The summed E-state index contributed by atoms with van der Waals surface area (Å²) < 4.78 is 7.84. The standard InChI is InChI=1S/C19H22N4O2/c1-3-22-12-20-21-18(22)14-6-8-23(9-7-14)19(24)17-11-15-10-13(2)4-5-16(15)25-17/h4-5,10-12,14H,3,6-9H2,1-2H3. The second-order valence-corrected chi connectivity index (χ2v) is 6.69. The highest BCUT2D eigenvalue weighted by atomic mass is 16.3. The van der Waals surface area contributed by atoms with Crippen LogP contribution in [0.5, 0.6) is 0 Å². The van der Waals surface area contributed by atoms with Crippen LogP contribution in [0.3, 0.4) is 0 Å². The molecule has 3 aromatic rings. The average Bonchev–Trinajstić information content (AvgIpc) is 3.27. The molecule has 0 radical (unpaired) electrons. The number of nitrogens with zero attached hydrogens (tertiary/aromatic N) is 4. The molecule has 0 bridgehead atoms. The number of fused-ring (bicyclic) bond motifs is 1. The van der Waals surface area contributed by atoms with Crippen LogP contribution >= 0.6 is 0 Å². The summed E-state index contributed by atoms with van der Waals surface area (Å²) in [5.41, 5.74) is 1.92. The Hall–Kier alpha value is -2.63. The number of likely N-dealkylation sites (tertiary alicyclic amines) is 1. The van der Waals surface area contributed by atoms with Crippen molar-refractivity contribution in [2.24, 2.45) is 0 Å². The SMILES string of the molecule is CCn1cnnc1C1CCN(C(=O)c2cc3cc(C)ccc3o2)CC1. The third-order valence-electron chi connectivity index (χ3n) is 5.02. The van der Waals surface area contributed by atoms with Crippen LogP contribution in [0, 0.1) is 6.92 Å². The van der Waals surface area contributed by atoms with Gasteiger partial charge in [-0.3, -0.25) is 4.79 Å². The van der Waals surface area contributed by atoms with Crippen LogP contribution in [0.1, 0.15) is 47.6 Å². The van der Waals surface area contributed by atoms with E-state index in [4.69, 9.17) is 4.42 Å². The minimum absolute atomic E-state index is 0.0238. The van der Waals surface area contributed by atoms with Crippen LogP contribution < -0.4 is 0 Å². The van der Waals surface area contributed by atoms with Gasteiger partial charge in [-0.15, -0.1) is 10.2 Å². The first-order valence-electron chi connectivity index (χ1n) is 8.83. The lowest BCUT2D eigenvalue weighted by Gasteiger charge is -2.31. The van der Waals surface area contributed by atoms with Crippen molar-refractivity contribution >= 4 is 16.9 Å². The van der Waals surface area contributed by atoms with Crippen LogP contribution in [-0.2, 0) is 6.54 Å². The highest BCUT2D eigenvalue weighted by molar-refractivity contribution is 5.96. The van der Waals surface area contributed by atoms with Crippen molar-refractivity contribution in [2.45, 2.75) is 39.2 Å². The lowest BCUT2D eigenvalue weighted by Crippen LogP contribution is -2.38. The van der Waals surface area contributed by atoms with Crippen molar-refractivity contribution in [3.05, 3.63) is 47.7 Å². The van der Waals surface area contributed by atoms with Gasteiger partial charge < -0.3 is 13.9 Å². The molecule has 0 unspecified atom stereocenters. The van der Waals surface area contributed by atoms with E-state index in [-0.39, 0.29) is 5.91 Å². The average molecular weight is 338 g/mol. The van der Waals surface area contributed by atoms with Crippen molar-refractivity contribution in [3.63, 3.8) is 0 Å². The number of hydrogen-bond acceptors (Lipinski definition) is 4. The molecule has 3 heterocycles. The van der Waals surface area contributed by atoms with Gasteiger partial charge in [-0.1, -0.05) is 11.6 Å². The molecule has 6 nitrogen and oxygen atoms in total. The third kappa shape index (κ3) is 2.92. The van der Waals surface area contributed by atoms with E-state index in [0.29, 0.717) is 11.7 Å². The number of amides is 1. The molecule has 1 aromatic carbocycles. The van der Waals surface area contributed by atoms with E-state index in [1.165, 1.54) is 0 Å². The highest BCUT2D eigenvalue weighted by Gasteiger charge is 2.28. The summed E-state index contributed by atoms with van der Waals surface area (Å²) in [4.78, 5) is 14.7. The summed E-state index contributed by atoms with van der Waals surface area (Å²) >= 11 is 0. The highest BCUT2D eigenvalue weighted by Crippen LogP contribution is 2.28. The Kier molecular flexibility index (Phi) is 4.03. The van der Waals surface area contributed by atoms with Gasteiger partial charge in [0.15, 0.2) is 5.76 Å². The van der Waals surface area contributed by atoms with E-state index < -0.39 is 0 Å². The van der Waals surface area contributed by atoms with Gasteiger partial charge in [0.25, 0.3) is 5.91 Å². The van der Waals surface area contributed by atoms with Crippen molar-refractivity contribution in [1.82, 2.24) is 19.7 Å². The smallest absolute Gasteiger partial charge is 0.289 e. The molecular weight excluding hydrogens is 316 g/mol. The predicted molar refractivity (Wildman–Crippen MR) is 94.5 cm³/mol. The molecule has 25 heavy (non-hydrogen) atoms. The molecule has 0 spiro atoms. The lowest BCUT2D eigenvalue weighted by atomic mass is 9.95. The van der Waals surface area contributed by atoms with Crippen molar-refractivity contribution in [1.29, 1.82) is 0 Å². The van der Waals surface area contributed by atoms with Gasteiger partial charge in [0, 0.05) is 30.9 Å². The fourth-order valence-corrected chi connectivity index (χ4v) is 3.59. The number of rotatable bonds is 3. The van der Waals surface area contributed by atoms with Gasteiger partial charge >= 0.3 is 0 Å².